The molecule has 0 aromatic carbocycles. The molecule has 0 bridgehead atoms. The van der Waals surface area contributed by atoms with E-state index in [-0.39, 0.29) is 5.60 Å². The normalized spacial score (nSPS) is 29.9. The van der Waals surface area contributed by atoms with Gasteiger partial charge < -0.3 is 4.74 Å². The van der Waals surface area contributed by atoms with E-state index in [0.717, 1.165) is 43.1 Å². The Morgan fingerprint density at radius 2 is 2.32 bits per heavy atom. The summed E-state index contributed by atoms with van der Waals surface area (Å²) in [6.07, 6.45) is 8.54. The number of likely N-dealkylation sites (tertiary alicyclic amines) is 1. The number of piperidine rings is 1. The molecule has 2 unspecified atom stereocenters. The first-order chi connectivity index (χ1) is 12.0. The van der Waals surface area contributed by atoms with Crippen molar-refractivity contribution >= 4 is 22.9 Å². The van der Waals surface area contributed by atoms with Crippen LogP contribution in [-0.4, -0.2) is 33.4 Å². The molecule has 2 aromatic rings. The van der Waals surface area contributed by atoms with Crippen LogP contribution in [0.15, 0.2) is 18.5 Å². The van der Waals surface area contributed by atoms with Gasteiger partial charge in [-0.25, -0.2) is 0 Å². The van der Waals surface area contributed by atoms with Crippen LogP contribution >= 0.6 is 22.9 Å². The number of ether oxygens (including phenoxy) is 1. The summed E-state index contributed by atoms with van der Waals surface area (Å²) < 4.78 is 9.46. The number of hydrogen-bond acceptors (Lipinski definition) is 4. The first-order valence-electron chi connectivity index (χ1n) is 9.17. The fourth-order valence-electron chi connectivity index (χ4n) is 4.42. The monoisotopic (exact) mass is 379 g/mol. The van der Waals surface area contributed by atoms with Crippen LogP contribution in [0.2, 0.25) is 4.34 Å². The van der Waals surface area contributed by atoms with E-state index in [1.165, 1.54) is 16.0 Å². The predicted molar refractivity (Wildman–Crippen MR) is 102 cm³/mol. The summed E-state index contributed by atoms with van der Waals surface area (Å²) in [6.45, 7) is 6.54. The molecule has 0 amide bonds. The third-order valence-electron chi connectivity index (χ3n) is 5.73. The van der Waals surface area contributed by atoms with E-state index in [1.807, 2.05) is 17.9 Å². The van der Waals surface area contributed by atoms with Crippen molar-refractivity contribution in [3.05, 3.63) is 38.8 Å². The highest BCUT2D eigenvalue weighted by Crippen LogP contribution is 2.49. The van der Waals surface area contributed by atoms with Crippen molar-refractivity contribution in [1.29, 1.82) is 0 Å². The summed E-state index contributed by atoms with van der Waals surface area (Å²) in [5.74, 6) is 0. The van der Waals surface area contributed by atoms with Gasteiger partial charge in [-0.1, -0.05) is 18.5 Å². The van der Waals surface area contributed by atoms with Gasteiger partial charge in [0.25, 0.3) is 0 Å². The molecule has 4 rings (SSSR count). The molecule has 136 valence electrons. The van der Waals surface area contributed by atoms with E-state index in [2.05, 4.69) is 36.1 Å². The minimum absolute atomic E-state index is 0.150. The van der Waals surface area contributed by atoms with Gasteiger partial charge >= 0.3 is 0 Å². The molecule has 6 heteroatoms. The van der Waals surface area contributed by atoms with Crippen LogP contribution in [0.3, 0.4) is 0 Å². The Kier molecular flexibility index (Phi) is 4.69. The maximum Gasteiger partial charge on any atom is 0.0973 e. The second kappa shape index (κ2) is 6.69. The number of thiophene rings is 1. The highest BCUT2D eigenvalue weighted by Gasteiger charge is 2.46. The summed E-state index contributed by atoms with van der Waals surface area (Å²) in [4.78, 5) is 3.99. The topological polar surface area (TPSA) is 30.3 Å². The molecule has 4 heterocycles. The summed E-state index contributed by atoms with van der Waals surface area (Å²) in [5, 5.41) is 4.30. The number of fused-ring (bicyclic) bond motifs is 2. The Hall–Kier alpha value is -0.880. The third-order valence-corrected chi connectivity index (χ3v) is 7.01. The minimum Gasteiger partial charge on any atom is -0.367 e. The van der Waals surface area contributed by atoms with E-state index in [0.29, 0.717) is 12.1 Å². The quantitative estimate of drug-likeness (QED) is 0.793. The Morgan fingerprint density at radius 3 is 3.00 bits per heavy atom. The molecule has 1 spiro atoms. The second-order valence-electron chi connectivity index (χ2n) is 7.53. The predicted octanol–water partition coefficient (Wildman–Crippen LogP) is 4.37. The van der Waals surface area contributed by atoms with E-state index in [1.54, 1.807) is 11.3 Å². The zero-order valence-electron chi connectivity index (χ0n) is 15.2. The lowest BCUT2D eigenvalue weighted by atomic mass is 9.78. The van der Waals surface area contributed by atoms with E-state index < -0.39 is 0 Å². The number of aryl methyl sites for hydroxylation is 1. The van der Waals surface area contributed by atoms with E-state index in [4.69, 9.17) is 16.3 Å². The van der Waals surface area contributed by atoms with Gasteiger partial charge in [0.05, 0.1) is 22.2 Å². The molecule has 2 aromatic heterocycles. The number of aromatic nitrogens is 2. The second-order valence-corrected chi connectivity index (χ2v) is 9.30. The molecular formula is C19H26ClN3OS. The van der Waals surface area contributed by atoms with Gasteiger partial charge in [0.1, 0.15) is 0 Å². The average Bonchev–Trinajstić information content (AvgIpc) is 3.15. The fourth-order valence-corrected chi connectivity index (χ4v) is 5.84. The van der Waals surface area contributed by atoms with Crippen LogP contribution in [0, 0.1) is 0 Å². The molecule has 4 nitrogen and oxygen atoms in total. The molecule has 0 radical (unpaired) electrons. The Balaban J connectivity index is 1.56. The van der Waals surface area contributed by atoms with Crippen LogP contribution in [0.25, 0.3) is 0 Å². The largest absolute Gasteiger partial charge is 0.367 e. The fraction of sp³-hybridized carbons (Fsp3) is 0.632. The zero-order valence-corrected chi connectivity index (χ0v) is 16.7. The Labute approximate surface area is 158 Å². The van der Waals surface area contributed by atoms with Crippen LogP contribution < -0.4 is 0 Å². The lowest BCUT2D eigenvalue weighted by Crippen LogP contribution is -2.51. The molecule has 25 heavy (non-hydrogen) atoms. The Morgan fingerprint density at radius 1 is 1.48 bits per heavy atom. The molecule has 0 aliphatic carbocycles. The molecule has 1 saturated heterocycles. The number of hydrogen-bond donors (Lipinski definition) is 0. The first-order valence-corrected chi connectivity index (χ1v) is 10.4. The smallest absolute Gasteiger partial charge is 0.0973 e. The molecule has 3 atom stereocenters. The van der Waals surface area contributed by atoms with Crippen molar-refractivity contribution in [3.63, 3.8) is 0 Å². The van der Waals surface area contributed by atoms with Gasteiger partial charge in [-0.2, -0.15) is 5.10 Å². The van der Waals surface area contributed by atoms with Gasteiger partial charge in [-0.15, -0.1) is 11.3 Å². The van der Waals surface area contributed by atoms with Gasteiger partial charge in [0.15, 0.2) is 0 Å². The van der Waals surface area contributed by atoms with Crippen molar-refractivity contribution in [3.8, 4) is 0 Å². The molecule has 2 aliphatic heterocycles. The van der Waals surface area contributed by atoms with Crippen molar-refractivity contribution in [1.82, 2.24) is 14.7 Å². The summed E-state index contributed by atoms with van der Waals surface area (Å²) in [5.41, 5.74) is 2.49. The summed E-state index contributed by atoms with van der Waals surface area (Å²) in [7, 11) is 1.97. The maximum absolute atomic E-state index is 6.68. The molecule has 0 N–H and O–H groups in total. The van der Waals surface area contributed by atoms with Gasteiger partial charge in [0, 0.05) is 49.2 Å². The van der Waals surface area contributed by atoms with Crippen LogP contribution in [0.5, 0.6) is 0 Å². The van der Waals surface area contributed by atoms with Crippen molar-refractivity contribution in [2.45, 2.75) is 63.8 Å². The number of nitrogens with zero attached hydrogens (tertiary/aromatic N) is 3. The van der Waals surface area contributed by atoms with Crippen LogP contribution in [0.1, 0.15) is 49.1 Å². The van der Waals surface area contributed by atoms with Crippen LogP contribution in [0.4, 0.5) is 0 Å². The van der Waals surface area contributed by atoms with Crippen molar-refractivity contribution in [2.24, 2.45) is 7.05 Å². The number of halogens is 1. The van der Waals surface area contributed by atoms with Gasteiger partial charge in [0.2, 0.25) is 0 Å². The van der Waals surface area contributed by atoms with E-state index >= 15 is 0 Å². The molecular weight excluding hydrogens is 354 g/mol. The zero-order chi connectivity index (χ0) is 17.6. The average molecular weight is 380 g/mol. The van der Waals surface area contributed by atoms with E-state index in [9.17, 15) is 0 Å². The van der Waals surface area contributed by atoms with Gasteiger partial charge in [-0.05, 0) is 37.8 Å². The van der Waals surface area contributed by atoms with Gasteiger partial charge in [-0.3, -0.25) is 9.58 Å². The van der Waals surface area contributed by atoms with Crippen molar-refractivity contribution < 1.29 is 4.74 Å². The lowest BCUT2D eigenvalue weighted by molar-refractivity contribution is -0.150. The molecule has 1 fully saturated rings. The van der Waals surface area contributed by atoms with Crippen LogP contribution in [-0.2, 0) is 30.4 Å². The minimum atomic E-state index is -0.150. The Bertz CT molecular complexity index is 758. The number of rotatable bonds is 3. The highest BCUT2D eigenvalue weighted by atomic mass is 35.5. The SMILES string of the molecule is CCC1Cc2sc(Cl)cc2C2(CCN(Cc3cnn(C)c3)[C@@H](C)C2)O1. The summed E-state index contributed by atoms with van der Waals surface area (Å²) in [6, 6.07) is 2.63. The highest BCUT2D eigenvalue weighted by molar-refractivity contribution is 7.16. The molecule has 0 saturated carbocycles. The molecule has 2 aliphatic rings. The first kappa shape index (κ1) is 17.5. The maximum atomic E-state index is 6.68. The third kappa shape index (κ3) is 3.27. The van der Waals surface area contributed by atoms with Crippen molar-refractivity contribution in [2.75, 3.05) is 6.54 Å². The summed E-state index contributed by atoms with van der Waals surface area (Å²) >= 11 is 8.11. The lowest BCUT2D eigenvalue weighted by Gasteiger charge is -2.49. The standard InChI is InChI=1S/C19H26ClN3OS/c1-4-15-7-17-16(8-18(20)25-17)19(24-15)5-6-23(13(2)9-19)12-14-10-21-22(3)11-14/h8,10-11,13,15H,4-7,9,12H2,1-3H3/t13-,15?,19?/m0/s1.